The number of nitrogens with two attached hydrogens (primary N) is 2. The molecule has 7 nitrogen and oxygen atoms in total. The minimum atomic E-state index is -0.656. The summed E-state index contributed by atoms with van der Waals surface area (Å²) in [6, 6.07) is -0.656. The second-order valence-corrected chi connectivity index (χ2v) is 3.14. The molecule has 0 saturated carbocycles. The maximum atomic E-state index is 10.9. The van der Waals surface area contributed by atoms with Crippen LogP contribution in [0.5, 0.6) is 0 Å². The first-order valence-electron chi connectivity index (χ1n) is 4.57. The van der Waals surface area contributed by atoms with E-state index in [1.807, 2.05) is 0 Å². The lowest BCUT2D eigenvalue weighted by atomic mass is 10.1. The number of amides is 2. The SMILES string of the molecule is CC(=O)N[C@@H](CCCNC(=N)N)C(N)=O. The average Bonchev–Trinajstić information content (AvgIpc) is 2.08. The van der Waals surface area contributed by atoms with Crippen molar-refractivity contribution in [1.29, 1.82) is 5.41 Å². The molecule has 0 aliphatic heterocycles. The van der Waals surface area contributed by atoms with E-state index in [2.05, 4.69) is 10.6 Å². The molecule has 86 valence electrons. The first-order chi connectivity index (χ1) is 6.93. The smallest absolute Gasteiger partial charge is 0.240 e. The molecule has 0 fully saturated rings. The fourth-order valence-electron chi connectivity index (χ4n) is 1.06. The molecule has 0 rings (SSSR count). The van der Waals surface area contributed by atoms with Crippen molar-refractivity contribution in [1.82, 2.24) is 10.6 Å². The Morgan fingerprint density at radius 2 is 2.00 bits per heavy atom. The Bertz CT molecular complexity index is 253. The van der Waals surface area contributed by atoms with E-state index < -0.39 is 11.9 Å². The van der Waals surface area contributed by atoms with Crippen LogP contribution in [-0.2, 0) is 9.59 Å². The first kappa shape index (κ1) is 13.2. The van der Waals surface area contributed by atoms with Gasteiger partial charge in [0, 0.05) is 13.5 Å². The molecule has 0 aromatic carbocycles. The summed E-state index contributed by atoms with van der Waals surface area (Å²) in [5.74, 6) is -0.975. The maximum absolute atomic E-state index is 10.9. The van der Waals surface area contributed by atoms with Crippen molar-refractivity contribution in [2.45, 2.75) is 25.8 Å². The van der Waals surface area contributed by atoms with Crippen molar-refractivity contribution in [2.24, 2.45) is 11.5 Å². The van der Waals surface area contributed by atoms with Crippen LogP contribution in [-0.4, -0.2) is 30.4 Å². The largest absolute Gasteiger partial charge is 0.370 e. The minimum absolute atomic E-state index is 0.120. The molecule has 15 heavy (non-hydrogen) atoms. The Labute approximate surface area is 88.1 Å². The van der Waals surface area contributed by atoms with E-state index in [1.54, 1.807) is 0 Å². The van der Waals surface area contributed by atoms with Crippen LogP contribution < -0.4 is 22.1 Å². The van der Waals surface area contributed by atoms with Gasteiger partial charge in [-0.2, -0.15) is 0 Å². The number of carbonyl (C=O) groups is 2. The summed E-state index contributed by atoms with van der Waals surface area (Å²) in [5.41, 5.74) is 10.1. The lowest BCUT2D eigenvalue weighted by Crippen LogP contribution is -2.44. The van der Waals surface area contributed by atoms with Crippen LogP contribution in [0.15, 0.2) is 0 Å². The van der Waals surface area contributed by atoms with Gasteiger partial charge in [0.2, 0.25) is 11.8 Å². The molecule has 0 heterocycles. The lowest BCUT2D eigenvalue weighted by Gasteiger charge is -2.13. The Morgan fingerprint density at radius 3 is 2.40 bits per heavy atom. The highest BCUT2D eigenvalue weighted by Crippen LogP contribution is 1.95. The van der Waals surface area contributed by atoms with E-state index in [1.165, 1.54) is 6.92 Å². The zero-order valence-electron chi connectivity index (χ0n) is 8.67. The molecule has 0 saturated heterocycles. The van der Waals surface area contributed by atoms with Gasteiger partial charge in [0.05, 0.1) is 0 Å². The van der Waals surface area contributed by atoms with Gasteiger partial charge in [-0.15, -0.1) is 0 Å². The van der Waals surface area contributed by atoms with Crippen molar-refractivity contribution in [2.75, 3.05) is 6.54 Å². The molecule has 2 amide bonds. The van der Waals surface area contributed by atoms with E-state index in [4.69, 9.17) is 16.9 Å². The molecule has 0 bridgehead atoms. The van der Waals surface area contributed by atoms with E-state index in [0.29, 0.717) is 19.4 Å². The summed E-state index contributed by atoms with van der Waals surface area (Å²) in [7, 11) is 0. The van der Waals surface area contributed by atoms with Gasteiger partial charge >= 0.3 is 0 Å². The third-order valence-corrected chi connectivity index (χ3v) is 1.71. The minimum Gasteiger partial charge on any atom is -0.370 e. The first-order valence-corrected chi connectivity index (χ1v) is 4.57. The highest BCUT2D eigenvalue weighted by Gasteiger charge is 2.15. The zero-order valence-corrected chi connectivity index (χ0v) is 8.67. The van der Waals surface area contributed by atoms with Crippen LogP contribution >= 0.6 is 0 Å². The number of carbonyl (C=O) groups excluding carboxylic acids is 2. The molecule has 0 aromatic rings. The highest BCUT2D eigenvalue weighted by molar-refractivity contribution is 5.85. The Hall–Kier alpha value is -1.79. The molecule has 0 aliphatic rings. The van der Waals surface area contributed by atoms with Crippen LogP contribution in [0.2, 0.25) is 0 Å². The van der Waals surface area contributed by atoms with Gasteiger partial charge in [-0.3, -0.25) is 15.0 Å². The van der Waals surface area contributed by atoms with Gasteiger partial charge < -0.3 is 22.1 Å². The number of nitrogens with one attached hydrogen (secondary N) is 3. The van der Waals surface area contributed by atoms with Gasteiger partial charge in [0.25, 0.3) is 0 Å². The predicted molar refractivity (Wildman–Crippen MR) is 55.9 cm³/mol. The topological polar surface area (TPSA) is 134 Å². The molecular weight excluding hydrogens is 198 g/mol. The van der Waals surface area contributed by atoms with Gasteiger partial charge in [-0.05, 0) is 12.8 Å². The van der Waals surface area contributed by atoms with E-state index in [9.17, 15) is 9.59 Å². The Balaban J connectivity index is 3.81. The highest BCUT2D eigenvalue weighted by atomic mass is 16.2. The molecule has 1 atom stereocenters. The third-order valence-electron chi connectivity index (χ3n) is 1.71. The average molecular weight is 215 g/mol. The zero-order chi connectivity index (χ0) is 11.8. The molecule has 7 N–H and O–H groups in total. The van der Waals surface area contributed by atoms with Crippen LogP contribution in [0, 0.1) is 5.41 Å². The molecule has 0 aromatic heterocycles. The number of primary amides is 1. The van der Waals surface area contributed by atoms with Crippen LogP contribution in [0.3, 0.4) is 0 Å². The summed E-state index contributed by atoms with van der Waals surface area (Å²) in [5, 5.41) is 11.9. The lowest BCUT2D eigenvalue weighted by molar-refractivity contribution is -0.126. The van der Waals surface area contributed by atoms with Crippen molar-refractivity contribution < 1.29 is 9.59 Å². The molecule has 0 spiro atoms. The standard InChI is InChI=1S/C8H17N5O2/c1-5(14)13-6(7(9)15)3-2-4-12-8(10)11/h6H,2-4H2,1H3,(H2,9,15)(H,13,14)(H4,10,11,12)/t6-/m0/s1. The predicted octanol–water partition coefficient (Wildman–Crippen LogP) is -1.76. The number of hydrogen-bond donors (Lipinski definition) is 5. The van der Waals surface area contributed by atoms with Gasteiger partial charge in [0.15, 0.2) is 5.96 Å². The normalized spacial score (nSPS) is 11.5. The summed E-state index contributed by atoms with van der Waals surface area (Å²) in [6.07, 6.45) is 1.02. The molecule has 0 radical (unpaired) electrons. The molecule has 7 heteroatoms. The molecule has 0 aliphatic carbocycles. The number of rotatable bonds is 6. The molecular formula is C8H17N5O2. The summed E-state index contributed by atoms with van der Waals surface area (Å²) in [6.45, 7) is 1.79. The fourth-order valence-corrected chi connectivity index (χ4v) is 1.06. The van der Waals surface area contributed by atoms with Crippen LogP contribution in [0.4, 0.5) is 0 Å². The van der Waals surface area contributed by atoms with Gasteiger partial charge in [0.1, 0.15) is 6.04 Å². The second-order valence-electron chi connectivity index (χ2n) is 3.14. The number of guanidine groups is 1. The summed E-state index contributed by atoms with van der Waals surface area (Å²) in [4.78, 5) is 21.6. The summed E-state index contributed by atoms with van der Waals surface area (Å²) >= 11 is 0. The Kier molecular flexibility index (Phi) is 5.84. The summed E-state index contributed by atoms with van der Waals surface area (Å²) < 4.78 is 0. The maximum Gasteiger partial charge on any atom is 0.240 e. The van der Waals surface area contributed by atoms with Crippen molar-refractivity contribution in [3.8, 4) is 0 Å². The number of hydrogen-bond acceptors (Lipinski definition) is 3. The van der Waals surface area contributed by atoms with Crippen molar-refractivity contribution in [3.05, 3.63) is 0 Å². The van der Waals surface area contributed by atoms with E-state index in [0.717, 1.165) is 0 Å². The third kappa shape index (κ3) is 7.29. The van der Waals surface area contributed by atoms with Gasteiger partial charge in [-0.1, -0.05) is 0 Å². The van der Waals surface area contributed by atoms with Crippen LogP contribution in [0.1, 0.15) is 19.8 Å². The second kappa shape index (κ2) is 6.63. The molecule has 0 unspecified atom stereocenters. The fraction of sp³-hybridized carbons (Fsp3) is 0.625. The van der Waals surface area contributed by atoms with E-state index in [-0.39, 0.29) is 11.9 Å². The van der Waals surface area contributed by atoms with Crippen LogP contribution in [0.25, 0.3) is 0 Å². The van der Waals surface area contributed by atoms with E-state index >= 15 is 0 Å². The quantitative estimate of drug-likeness (QED) is 0.204. The van der Waals surface area contributed by atoms with Gasteiger partial charge in [-0.25, -0.2) is 0 Å². The van der Waals surface area contributed by atoms with Crippen molar-refractivity contribution >= 4 is 17.8 Å². The van der Waals surface area contributed by atoms with Crippen molar-refractivity contribution in [3.63, 3.8) is 0 Å². The monoisotopic (exact) mass is 215 g/mol. The Morgan fingerprint density at radius 1 is 1.40 bits per heavy atom.